The van der Waals surface area contributed by atoms with Crippen LogP contribution in [-0.4, -0.2) is 15.0 Å². The van der Waals surface area contributed by atoms with Crippen molar-refractivity contribution < 1.29 is 4.43 Å². The van der Waals surface area contributed by atoms with Crippen molar-refractivity contribution >= 4 is 37.2 Å². The Kier molecular flexibility index (Phi) is 4.66. The molecule has 0 N–H and O–H groups in total. The smallest absolute Gasteiger partial charge is 0.284 e. The van der Waals surface area contributed by atoms with E-state index in [0.717, 1.165) is 5.56 Å². The molecule has 1 aromatic carbocycles. The molecule has 1 rings (SSSR count). The van der Waals surface area contributed by atoms with Crippen LogP contribution in [0.3, 0.4) is 0 Å². The van der Waals surface area contributed by atoms with Gasteiger partial charge in [-0.15, -0.1) is 11.1 Å². The van der Waals surface area contributed by atoms with Gasteiger partial charge in [-0.25, -0.2) is 0 Å². The van der Waals surface area contributed by atoms with Crippen molar-refractivity contribution in [2.75, 3.05) is 0 Å². The van der Waals surface area contributed by atoms with Gasteiger partial charge < -0.3 is 4.43 Å². The van der Waals surface area contributed by atoms with Crippen LogP contribution in [0.5, 0.6) is 0 Å². The third-order valence-corrected chi connectivity index (χ3v) is 5.72. The number of hydrogen-bond donors (Lipinski definition) is 0. The van der Waals surface area contributed by atoms with Crippen molar-refractivity contribution in [1.82, 2.24) is 0 Å². The summed E-state index contributed by atoms with van der Waals surface area (Å²) in [6, 6.07) is 10.1. The summed E-state index contributed by atoms with van der Waals surface area (Å²) in [7, 11) is -4.03. The van der Waals surface area contributed by atoms with E-state index in [1.165, 1.54) is 0 Å². The molecular formula is C11H18Cl2OSi2. The zero-order chi connectivity index (χ0) is 12.4. The predicted molar refractivity (Wildman–Crippen MR) is 76.9 cm³/mol. The summed E-state index contributed by atoms with van der Waals surface area (Å²) >= 11 is 12.8. The van der Waals surface area contributed by atoms with Gasteiger partial charge >= 0.3 is 0 Å². The molecule has 0 bridgehead atoms. The molecule has 0 radical (unpaired) electrons. The summed E-state index contributed by atoms with van der Waals surface area (Å²) < 4.78 is 6.02. The Balaban J connectivity index is 2.98. The molecule has 0 aliphatic heterocycles. The van der Waals surface area contributed by atoms with Gasteiger partial charge in [0.15, 0.2) is 7.38 Å². The molecule has 1 unspecified atom stereocenters. The Labute approximate surface area is 109 Å². The minimum Gasteiger partial charge on any atom is -0.397 e. The van der Waals surface area contributed by atoms with Crippen LogP contribution in [0.25, 0.3) is 0 Å². The molecule has 0 heterocycles. The first-order valence-electron chi connectivity index (χ1n) is 5.31. The Hall–Kier alpha value is 0.194. The Morgan fingerprint density at radius 3 is 1.88 bits per heavy atom. The molecule has 5 heteroatoms. The molecule has 0 saturated heterocycles. The van der Waals surface area contributed by atoms with E-state index in [4.69, 9.17) is 26.6 Å². The van der Waals surface area contributed by atoms with Crippen LogP contribution in [0.2, 0.25) is 26.2 Å². The highest BCUT2D eigenvalue weighted by molar-refractivity contribution is 7.20. The van der Waals surface area contributed by atoms with Gasteiger partial charge in [0.1, 0.15) is 0 Å². The molecule has 0 aliphatic rings. The molecule has 0 spiro atoms. The van der Waals surface area contributed by atoms with E-state index in [9.17, 15) is 0 Å². The van der Waals surface area contributed by atoms with Crippen molar-refractivity contribution in [3.05, 3.63) is 35.9 Å². The van der Waals surface area contributed by atoms with Crippen molar-refractivity contribution in [3.8, 4) is 0 Å². The van der Waals surface area contributed by atoms with Gasteiger partial charge in [-0.1, -0.05) is 43.4 Å². The highest BCUT2D eigenvalue weighted by Gasteiger charge is 2.36. The average Bonchev–Trinajstić information content (AvgIpc) is 2.13. The molecule has 1 atom stereocenters. The molecule has 0 amide bonds. The lowest BCUT2D eigenvalue weighted by atomic mass is 10.2. The van der Waals surface area contributed by atoms with Crippen molar-refractivity contribution in [1.29, 1.82) is 0 Å². The van der Waals surface area contributed by atoms with Gasteiger partial charge in [0.25, 0.3) is 7.63 Å². The first kappa shape index (κ1) is 14.3. The fraction of sp³-hybridized carbons (Fsp3) is 0.455. The van der Waals surface area contributed by atoms with E-state index < -0.39 is 15.0 Å². The van der Waals surface area contributed by atoms with Crippen LogP contribution < -0.4 is 0 Å². The van der Waals surface area contributed by atoms with Gasteiger partial charge in [0.2, 0.25) is 0 Å². The van der Waals surface area contributed by atoms with E-state index >= 15 is 0 Å². The van der Waals surface area contributed by atoms with Crippen LogP contribution in [0.1, 0.15) is 11.3 Å². The largest absolute Gasteiger partial charge is 0.397 e. The first-order chi connectivity index (χ1) is 7.20. The summed E-state index contributed by atoms with van der Waals surface area (Å²) in [5.41, 5.74) is 1.10. The standard InChI is InChI=1S/C11H18Cl2OSi2/c1-15(2,12)11(14-16(3,4)13)10-8-6-5-7-9-10/h5-9,11H,1-4H3. The number of rotatable bonds is 4. The van der Waals surface area contributed by atoms with Crippen LogP contribution in [0, 0.1) is 0 Å². The quantitative estimate of drug-likeness (QED) is 0.579. The van der Waals surface area contributed by atoms with Crippen LogP contribution in [-0.2, 0) is 4.43 Å². The Bertz CT molecular complexity index is 330. The lowest BCUT2D eigenvalue weighted by Crippen LogP contribution is -2.37. The second-order valence-electron chi connectivity index (χ2n) is 4.84. The molecule has 0 saturated carbocycles. The molecule has 1 nitrogen and oxygen atoms in total. The Morgan fingerprint density at radius 1 is 1.00 bits per heavy atom. The highest BCUT2D eigenvalue weighted by Crippen LogP contribution is 2.34. The molecule has 16 heavy (non-hydrogen) atoms. The van der Waals surface area contributed by atoms with E-state index in [-0.39, 0.29) is 5.73 Å². The van der Waals surface area contributed by atoms with Crippen molar-refractivity contribution in [3.63, 3.8) is 0 Å². The first-order valence-corrected chi connectivity index (χ1v) is 13.3. The van der Waals surface area contributed by atoms with Crippen LogP contribution in [0.15, 0.2) is 30.3 Å². The minimum atomic E-state index is -2.09. The van der Waals surface area contributed by atoms with Crippen LogP contribution in [0.4, 0.5) is 0 Å². The summed E-state index contributed by atoms with van der Waals surface area (Å²) in [5, 5.41) is 0. The van der Waals surface area contributed by atoms with Gasteiger partial charge in [0.05, 0.1) is 5.73 Å². The van der Waals surface area contributed by atoms with Gasteiger partial charge in [-0.3, -0.25) is 0 Å². The maximum atomic E-state index is 6.52. The van der Waals surface area contributed by atoms with Crippen molar-refractivity contribution in [2.45, 2.75) is 31.9 Å². The summed E-state index contributed by atoms with van der Waals surface area (Å²) in [4.78, 5) is 0. The SMILES string of the molecule is C[Si](C)(Cl)OC(c1ccccc1)[Si](C)(C)Cl. The molecular weight excluding hydrogens is 275 g/mol. The lowest BCUT2D eigenvalue weighted by molar-refractivity contribution is 0.279. The number of halogens is 2. The lowest BCUT2D eigenvalue weighted by Gasteiger charge is -2.31. The van der Waals surface area contributed by atoms with E-state index in [2.05, 4.69) is 25.2 Å². The molecule has 1 aromatic rings. The van der Waals surface area contributed by atoms with E-state index in [0.29, 0.717) is 0 Å². The molecule has 0 fully saturated rings. The monoisotopic (exact) mass is 292 g/mol. The van der Waals surface area contributed by atoms with Crippen LogP contribution >= 0.6 is 22.2 Å². The summed E-state index contributed by atoms with van der Waals surface area (Å²) in [6.07, 6.45) is 0. The summed E-state index contributed by atoms with van der Waals surface area (Å²) in [5.74, 6) is 0. The second-order valence-corrected chi connectivity index (χ2v) is 17.1. The van der Waals surface area contributed by atoms with Crippen molar-refractivity contribution in [2.24, 2.45) is 0 Å². The minimum absolute atomic E-state index is 0.0328. The maximum Gasteiger partial charge on any atom is 0.284 e. The van der Waals surface area contributed by atoms with Gasteiger partial charge in [-0.2, -0.15) is 11.1 Å². The third-order valence-electron chi connectivity index (χ3n) is 2.12. The topological polar surface area (TPSA) is 9.23 Å². The molecule has 0 aliphatic carbocycles. The fourth-order valence-electron chi connectivity index (χ4n) is 1.51. The van der Waals surface area contributed by atoms with Gasteiger partial charge in [-0.05, 0) is 18.7 Å². The normalized spacial score (nSPS) is 14.9. The molecule has 0 aromatic heterocycles. The third kappa shape index (κ3) is 4.59. The fourth-order valence-corrected chi connectivity index (χ4v) is 6.47. The van der Waals surface area contributed by atoms with E-state index in [1.807, 2.05) is 31.3 Å². The average molecular weight is 293 g/mol. The number of hydrogen-bond acceptors (Lipinski definition) is 1. The zero-order valence-electron chi connectivity index (χ0n) is 10.1. The second kappa shape index (κ2) is 5.23. The number of benzene rings is 1. The highest BCUT2D eigenvalue weighted by atomic mass is 35.6. The maximum absolute atomic E-state index is 6.52. The molecule has 90 valence electrons. The zero-order valence-corrected chi connectivity index (χ0v) is 13.6. The van der Waals surface area contributed by atoms with Gasteiger partial charge in [0, 0.05) is 0 Å². The van der Waals surface area contributed by atoms with E-state index in [1.54, 1.807) is 0 Å². The predicted octanol–water partition coefficient (Wildman–Crippen LogP) is 4.67. The Morgan fingerprint density at radius 2 is 1.50 bits per heavy atom. The summed E-state index contributed by atoms with van der Waals surface area (Å²) in [6.45, 7) is 8.12.